The number of hydrogen-bond acceptors (Lipinski definition) is 8. The summed E-state index contributed by atoms with van der Waals surface area (Å²) in [5.74, 6) is -3.15. The van der Waals surface area contributed by atoms with E-state index in [0.717, 1.165) is 14.2 Å². The molecule has 26 heavy (non-hydrogen) atoms. The maximum atomic E-state index is 12.9. The average Bonchev–Trinajstić information content (AvgIpc) is 2.65. The van der Waals surface area contributed by atoms with E-state index in [1.807, 2.05) is 0 Å². The zero-order chi connectivity index (χ0) is 19.7. The third-order valence-corrected chi connectivity index (χ3v) is 5.12. The second-order valence-electron chi connectivity index (χ2n) is 4.72. The van der Waals surface area contributed by atoms with Gasteiger partial charge in [-0.15, -0.1) is 0 Å². The highest BCUT2D eigenvalue weighted by atomic mass is 31.2. The van der Waals surface area contributed by atoms with Gasteiger partial charge in [-0.3, -0.25) is 9.36 Å². The van der Waals surface area contributed by atoms with Crippen molar-refractivity contribution in [2.45, 2.75) is 13.8 Å². The van der Waals surface area contributed by atoms with E-state index in [2.05, 4.69) is 0 Å². The molecule has 0 spiro atoms. The van der Waals surface area contributed by atoms with Crippen LogP contribution in [0.4, 0.5) is 0 Å². The first-order chi connectivity index (χ1) is 12.4. The zero-order valence-electron chi connectivity index (χ0n) is 15.0. The number of esters is 2. The monoisotopic (exact) mass is 384 g/mol. The van der Waals surface area contributed by atoms with Crippen LogP contribution in [0.2, 0.25) is 0 Å². The van der Waals surface area contributed by atoms with Crippen LogP contribution < -0.4 is 0 Å². The first-order valence-corrected chi connectivity index (χ1v) is 9.30. The largest absolute Gasteiger partial charge is 0.462 e. The Morgan fingerprint density at radius 2 is 1.38 bits per heavy atom. The minimum Gasteiger partial charge on any atom is -0.462 e. The SMILES string of the molecule is CCOC(=O)/C(C(=O)c1ccccc1)=C(\C(=O)OCC)P(=O)(OC)OC. The summed E-state index contributed by atoms with van der Waals surface area (Å²) in [7, 11) is -2.25. The molecule has 0 aromatic heterocycles. The predicted octanol–water partition coefficient (Wildman–Crippen LogP) is 2.74. The second-order valence-corrected chi connectivity index (χ2v) is 6.89. The maximum Gasteiger partial charge on any atom is 0.369 e. The molecule has 8 nitrogen and oxygen atoms in total. The zero-order valence-corrected chi connectivity index (χ0v) is 15.9. The Kier molecular flexibility index (Phi) is 8.38. The van der Waals surface area contributed by atoms with Gasteiger partial charge in [0.1, 0.15) is 5.57 Å². The normalized spacial score (nSPS) is 12.2. The summed E-state index contributed by atoms with van der Waals surface area (Å²) in [6, 6.07) is 7.70. The second kappa shape index (κ2) is 10.0. The van der Waals surface area contributed by atoms with Crippen LogP contribution in [0.1, 0.15) is 24.2 Å². The number of carbonyl (C=O) groups is 3. The van der Waals surface area contributed by atoms with Gasteiger partial charge in [-0.25, -0.2) is 9.59 Å². The summed E-state index contributed by atoms with van der Waals surface area (Å²) in [5, 5.41) is -0.795. The highest BCUT2D eigenvalue weighted by molar-refractivity contribution is 7.60. The fraction of sp³-hybridized carbons (Fsp3) is 0.353. The Bertz CT molecular complexity index is 730. The number of ether oxygens (including phenoxy) is 2. The Morgan fingerprint density at radius 1 is 0.885 bits per heavy atom. The van der Waals surface area contributed by atoms with Crippen molar-refractivity contribution in [1.82, 2.24) is 0 Å². The lowest BCUT2D eigenvalue weighted by Crippen LogP contribution is -2.23. The number of carbonyl (C=O) groups excluding carboxylic acids is 3. The maximum absolute atomic E-state index is 12.9. The molecule has 0 fully saturated rings. The molecular formula is C17H21O8P. The lowest BCUT2D eigenvalue weighted by molar-refractivity contribution is -0.141. The number of benzene rings is 1. The van der Waals surface area contributed by atoms with Crippen molar-refractivity contribution in [2.24, 2.45) is 0 Å². The summed E-state index contributed by atoms with van der Waals surface area (Å²) in [5.41, 5.74) is -0.653. The molecule has 0 aliphatic heterocycles. The predicted molar refractivity (Wildman–Crippen MR) is 92.7 cm³/mol. The van der Waals surface area contributed by atoms with E-state index in [4.69, 9.17) is 18.5 Å². The summed E-state index contributed by atoms with van der Waals surface area (Å²) in [4.78, 5) is 37.8. The Labute approximate surface area is 151 Å². The molecule has 9 heteroatoms. The molecule has 1 rings (SSSR count). The van der Waals surface area contributed by atoms with Gasteiger partial charge >= 0.3 is 19.5 Å². The fourth-order valence-corrected chi connectivity index (χ4v) is 3.31. The molecule has 0 saturated heterocycles. The first kappa shape index (κ1) is 21.8. The minimum absolute atomic E-state index is 0.0647. The van der Waals surface area contributed by atoms with E-state index in [1.165, 1.54) is 26.0 Å². The van der Waals surface area contributed by atoms with E-state index in [1.54, 1.807) is 18.2 Å². The van der Waals surface area contributed by atoms with Crippen LogP contribution in [0.15, 0.2) is 41.2 Å². The molecule has 0 amide bonds. The quantitative estimate of drug-likeness (QED) is 0.160. The molecule has 0 aliphatic carbocycles. The van der Waals surface area contributed by atoms with E-state index in [0.29, 0.717) is 0 Å². The smallest absolute Gasteiger partial charge is 0.369 e. The van der Waals surface area contributed by atoms with Gasteiger partial charge in [0, 0.05) is 19.8 Å². The van der Waals surface area contributed by atoms with Crippen LogP contribution in [0.3, 0.4) is 0 Å². The van der Waals surface area contributed by atoms with Gasteiger partial charge in [-0.2, -0.15) is 0 Å². The Balaban J connectivity index is 3.77. The van der Waals surface area contributed by atoms with Gasteiger partial charge in [-0.05, 0) is 13.8 Å². The van der Waals surface area contributed by atoms with Crippen LogP contribution in [0, 0.1) is 0 Å². The van der Waals surface area contributed by atoms with Crippen molar-refractivity contribution in [1.29, 1.82) is 0 Å². The van der Waals surface area contributed by atoms with Crippen LogP contribution in [-0.4, -0.2) is 45.2 Å². The molecule has 0 atom stereocenters. The van der Waals surface area contributed by atoms with Crippen LogP contribution in [-0.2, 0) is 32.7 Å². The van der Waals surface area contributed by atoms with Gasteiger partial charge in [-0.1, -0.05) is 30.3 Å². The van der Waals surface area contributed by atoms with E-state index >= 15 is 0 Å². The molecule has 0 radical (unpaired) electrons. The van der Waals surface area contributed by atoms with Crippen molar-refractivity contribution in [3.05, 3.63) is 46.8 Å². The fourth-order valence-electron chi connectivity index (χ4n) is 2.04. The molecular weight excluding hydrogens is 363 g/mol. The third kappa shape index (κ3) is 4.88. The number of ketones is 1. The molecule has 0 N–H and O–H groups in total. The summed E-state index contributed by atoms with van der Waals surface area (Å²) >= 11 is 0. The molecule has 1 aromatic rings. The molecule has 0 heterocycles. The Morgan fingerprint density at radius 3 is 1.85 bits per heavy atom. The van der Waals surface area contributed by atoms with Crippen molar-refractivity contribution in [3.63, 3.8) is 0 Å². The van der Waals surface area contributed by atoms with E-state index in [9.17, 15) is 18.9 Å². The average molecular weight is 384 g/mol. The van der Waals surface area contributed by atoms with Crippen molar-refractivity contribution in [2.75, 3.05) is 27.4 Å². The lowest BCUT2D eigenvalue weighted by atomic mass is 10.0. The lowest BCUT2D eigenvalue weighted by Gasteiger charge is -2.19. The van der Waals surface area contributed by atoms with E-state index in [-0.39, 0.29) is 18.8 Å². The summed E-state index contributed by atoms with van der Waals surface area (Å²) < 4.78 is 32.3. The van der Waals surface area contributed by atoms with Gasteiger partial charge < -0.3 is 18.5 Å². The van der Waals surface area contributed by atoms with Gasteiger partial charge in [0.2, 0.25) is 5.78 Å². The van der Waals surface area contributed by atoms with Gasteiger partial charge in [0.05, 0.1) is 13.2 Å². The minimum atomic E-state index is -4.30. The standard InChI is InChI=1S/C17H21O8P/c1-5-24-16(19)13(14(18)12-10-8-7-9-11-12)15(17(20)25-6-2)26(21,22-3)23-4/h7-11H,5-6H2,1-4H3/b15-13+. The van der Waals surface area contributed by atoms with Gasteiger partial charge in [0.25, 0.3) is 0 Å². The number of hydrogen-bond donors (Lipinski definition) is 0. The Hall–Kier alpha value is -2.28. The third-order valence-electron chi connectivity index (χ3n) is 3.20. The first-order valence-electron chi connectivity index (χ1n) is 7.76. The number of Topliss-reactive ketones (excluding diaryl/α,β-unsaturated/α-hetero) is 1. The summed E-state index contributed by atoms with van der Waals surface area (Å²) in [6.45, 7) is 2.90. The molecule has 142 valence electrons. The van der Waals surface area contributed by atoms with Crippen LogP contribution in [0.5, 0.6) is 0 Å². The van der Waals surface area contributed by atoms with Crippen LogP contribution in [0.25, 0.3) is 0 Å². The summed E-state index contributed by atoms with van der Waals surface area (Å²) in [6.07, 6.45) is 0. The molecule has 0 unspecified atom stereocenters. The molecule has 1 aromatic carbocycles. The molecule has 0 saturated carbocycles. The van der Waals surface area contributed by atoms with Gasteiger partial charge in [0.15, 0.2) is 5.31 Å². The van der Waals surface area contributed by atoms with E-state index < -0.39 is 36.2 Å². The molecule has 0 bridgehead atoms. The molecule has 0 aliphatic rings. The number of rotatable bonds is 9. The highest BCUT2D eigenvalue weighted by Crippen LogP contribution is 2.56. The topological polar surface area (TPSA) is 105 Å². The van der Waals surface area contributed by atoms with Crippen molar-refractivity contribution < 1.29 is 37.5 Å². The van der Waals surface area contributed by atoms with Crippen LogP contribution >= 0.6 is 7.60 Å². The highest BCUT2D eigenvalue weighted by Gasteiger charge is 2.43. The van der Waals surface area contributed by atoms with Crippen molar-refractivity contribution in [3.8, 4) is 0 Å². The van der Waals surface area contributed by atoms with Crippen molar-refractivity contribution >= 4 is 25.3 Å².